The van der Waals surface area contributed by atoms with Crippen LogP contribution in [0.5, 0.6) is 0 Å². The number of piperidine rings is 1. The standard InChI is InChI=1S/C16H21N3O/c1-13-18-15(19-20-13)16(9-11-17-12-10-16)8-7-14-5-3-2-4-6-14/h2-6,17H,7-12H2,1H3. The molecule has 106 valence electrons. The molecule has 0 aliphatic carbocycles. The molecule has 1 fully saturated rings. The van der Waals surface area contributed by atoms with Crippen LogP contribution in [0.2, 0.25) is 0 Å². The quantitative estimate of drug-likeness (QED) is 0.928. The molecule has 0 unspecified atom stereocenters. The zero-order valence-corrected chi connectivity index (χ0v) is 11.9. The van der Waals surface area contributed by atoms with Gasteiger partial charge in [0.25, 0.3) is 0 Å². The largest absolute Gasteiger partial charge is 0.340 e. The molecule has 1 aliphatic rings. The van der Waals surface area contributed by atoms with Crippen molar-refractivity contribution in [2.24, 2.45) is 0 Å². The molecule has 1 saturated heterocycles. The van der Waals surface area contributed by atoms with E-state index in [1.807, 2.05) is 6.92 Å². The van der Waals surface area contributed by atoms with E-state index in [1.54, 1.807) is 0 Å². The van der Waals surface area contributed by atoms with Crippen LogP contribution in [-0.4, -0.2) is 23.2 Å². The number of nitrogens with zero attached hydrogens (tertiary/aromatic N) is 2. The third kappa shape index (κ3) is 2.75. The van der Waals surface area contributed by atoms with Crippen LogP contribution in [0.1, 0.15) is 36.5 Å². The molecular formula is C16H21N3O. The summed E-state index contributed by atoms with van der Waals surface area (Å²) in [6.45, 7) is 3.92. The highest BCUT2D eigenvalue weighted by Crippen LogP contribution is 2.36. The lowest BCUT2D eigenvalue weighted by Gasteiger charge is -2.35. The molecule has 4 nitrogen and oxygen atoms in total. The fourth-order valence-corrected chi connectivity index (χ4v) is 3.03. The molecule has 1 aromatic heterocycles. The fraction of sp³-hybridized carbons (Fsp3) is 0.500. The molecule has 1 aliphatic heterocycles. The van der Waals surface area contributed by atoms with Crippen LogP contribution < -0.4 is 5.32 Å². The summed E-state index contributed by atoms with van der Waals surface area (Å²) >= 11 is 0. The first-order chi connectivity index (χ1) is 9.78. The van der Waals surface area contributed by atoms with Crippen LogP contribution >= 0.6 is 0 Å². The van der Waals surface area contributed by atoms with Crippen molar-refractivity contribution in [1.82, 2.24) is 15.5 Å². The minimum atomic E-state index is 0.0683. The lowest BCUT2D eigenvalue weighted by Crippen LogP contribution is -2.41. The summed E-state index contributed by atoms with van der Waals surface area (Å²) in [5.41, 5.74) is 1.45. The van der Waals surface area contributed by atoms with Crippen LogP contribution in [0.15, 0.2) is 34.9 Å². The lowest BCUT2D eigenvalue weighted by atomic mass is 9.74. The van der Waals surface area contributed by atoms with E-state index in [2.05, 4.69) is 45.8 Å². The van der Waals surface area contributed by atoms with E-state index in [1.165, 1.54) is 5.56 Å². The maximum absolute atomic E-state index is 5.21. The van der Waals surface area contributed by atoms with Gasteiger partial charge in [-0.15, -0.1) is 0 Å². The Morgan fingerprint density at radius 1 is 1.20 bits per heavy atom. The van der Waals surface area contributed by atoms with Crippen LogP contribution in [0, 0.1) is 6.92 Å². The van der Waals surface area contributed by atoms with Gasteiger partial charge < -0.3 is 9.84 Å². The summed E-state index contributed by atoms with van der Waals surface area (Å²) in [6.07, 6.45) is 4.31. The molecule has 0 spiro atoms. The van der Waals surface area contributed by atoms with Gasteiger partial charge in [-0.2, -0.15) is 4.98 Å². The molecular weight excluding hydrogens is 250 g/mol. The Labute approximate surface area is 119 Å². The minimum Gasteiger partial charge on any atom is -0.340 e. The maximum Gasteiger partial charge on any atom is 0.223 e. The highest BCUT2D eigenvalue weighted by Gasteiger charge is 2.37. The van der Waals surface area contributed by atoms with E-state index < -0.39 is 0 Å². The Morgan fingerprint density at radius 2 is 1.95 bits per heavy atom. The smallest absolute Gasteiger partial charge is 0.223 e. The van der Waals surface area contributed by atoms with Gasteiger partial charge in [-0.3, -0.25) is 0 Å². The third-order valence-corrected chi connectivity index (χ3v) is 4.30. The molecule has 1 N–H and O–H groups in total. The molecule has 0 bridgehead atoms. The van der Waals surface area contributed by atoms with Crippen LogP contribution in [-0.2, 0) is 11.8 Å². The molecule has 2 heterocycles. The number of hydrogen-bond acceptors (Lipinski definition) is 4. The van der Waals surface area contributed by atoms with E-state index in [-0.39, 0.29) is 5.41 Å². The molecule has 0 amide bonds. The second kappa shape index (κ2) is 5.75. The Bertz CT molecular complexity index is 544. The summed E-state index contributed by atoms with van der Waals surface area (Å²) in [5, 5.41) is 7.64. The Balaban J connectivity index is 1.79. The number of rotatable bonds is 4. The number of hydrogen-bond donors (Lipinski definition) is 1. The molecule has 1 aromatic carbocycles. The molecule has 0 saturated carbocycles. The second-order valence-corrected chi connectivity index (χ2v) is 5.65. The summed E-state index contributed by atoms with van der Waals surface area (Å²) in [7, 11) is 0. The van der Waals surface area contributed by atoms with E-state index in [0.29, 0.717) is 5.89 Å². The van der Waals surface area contributed by atoms with Gasteiger partial charge in [-0.05, 0) is 44.3 Å². The maximum atomic E-state index is 5.21. The number of aryl methyl sites for hydroxylation is 2. The van der Waals surface area contributed by atoms with Crippen LogP contribution in [0.25, 0.3) is 0 Å². The van der Waals surface area contributed by atoms with E-state index >= 15 is 0 Å². The summed E-state index contributed by atoms with van der Waals surface area (Å²) in [4.78, 5) is 4.51. The number of nitrogens with one attached hydrogen (secondary N) is 1. The zero-order valence-electron chi connectivity index (χ0n) is 11.9. The van der Waals surface area contributed by atoms with E-state index in [4.69, 9.17) is 4.52 Å². The molecule has 20 heavy (non-hydrogen) atoms. The summed E-state index contributed by atoms with van der Waals surface area (Å²) < 4.78 is 5.21. The monoisotopic (exact) mass is 271 g/mol. The Morgan fingerprint density at radius 3 is 2.60 bits per heavy atom. The first kappa shape index (κ1) is 13.3. The summed E-state index contributed by atoms with van der Waals surface area (Å²) in [6, 6.07) is 10.6. The Hall–Kier alpha value is -1.68. The second-order valence-electron chi connectivity index (χ2n) is 5.65. The summed E-state index contributed by atoms with van der Waals surface area (Å²) in [5.74, 6) is 1.56. The first-order valence-corrected chi connectivity index (χ1v) is 7.34. The van der Waals surface area contributed by atoms with Crippen molar-refractivity contribution in [3.8, 4) is 0 Å². The van der Waals surface area contributed by atoms with Gasteiger partial charge in [-0.25, -0.2) is 0 Å². The van der Waals surface area contributed by atoms with E-state index in [0.717, 1.165) is 44.6 Å². The predicted octanol–water partition coefficient (Wildman–Crippen LogP) is 2.63. The van der Waals surface area contributed by atoms with Crippen molar-refractivity contribution >= 4 is 0 Å². The third-order valence-electron chi connectivity index (χ3n) is 4.30. The normalized spacial score (nSPS) is 18.1. The first-order valence-electron chi connectivity index (χ1n) is 7.34. The topological polar surface area (TPSA) is 51.0 Å². The SMILES string of the molecule is Cc1nc(C2(CCc3ccccc3)CCNCC2)no1. The average molecular weight is 271 g/mol. The van der Waals surface area contributed by atoms with Gasteiger partial charge in [0.15, 0.2) is 5.82 Å². The molecule has 3 rings (SSSR count). The van der Waals surface area contributed by atoms with Crippen molar-refractivity contribution in [3.63, 3.8) is 0 Å². The van der Waals surface area contributed by atoms with Gasteiger partial charge in [-0.1, -0.05) is 35.5 Å². The highest BCUT2D eigenvalue weighted by molar-refractivity contribution is 5.17. The fourth-order valence-electron chi connectivity index (χ4n) is 3.03. The zero-order chi connectivity index (χ0) is 13.8. The van der Waals surface area contributed by atoms with Crippen molar-refractivity contribution in [2.75, 3.05) is 13.1 Å². The predicted molar refractivity (Wildman–Crippen MR) is 77.6 cm³/mol. The molecule has 2 aromatic rings. The molecule has 4 heteroatoms. The van der Waals surface area contributed by atoms with E-state index in [9.17, 15) is 0 Å². The van der Waals surface area contributed by atoms with Crippen molar-refractivity contribution in [1.29, 1.82) is 0 Å². The van der Waals surface area contributed by atoms with Crippen LogP contribution in [0.3, 0.4) is 0 Å². The van der Waals surface area contributed by atoms with Gasteiger partial charge in [0.2, 0.25) is 5.89 Å². The van der Waals surface area contributed by atoms with Crippen LogP contribution in [0.4, 0.5) is 0 Å². The van der Waals surface area contributed by atoms with Crippen molar-refractivity contribution in [2.45, 2.75) is 38.0 Å². The highest BCUT2D eigenvalue weighted by atomic mass is 16.5. The van der Waals surface area contributed by atoms with Gasteiger partial charge in [0, 0.05) is 12.3 Å². The number of benzene rings is 1. The van der Waals surface area contributed by atoms with Gasteiger partial charge in [0.1, 0.15) is 0 Å². The lowest BCUT2D eigenvalue weighted by molar-refractivity contribution is 0.261. The van der Waals surface area contributed by atoms with Crippen molar-refractivity contribution < 1.29 is 4.52 Å². The minimum absolute atomic E-state index is 0.0683. The van der Waals surface area contributed by atoms with Gasteiger partial charge in [0.05, 0.1) is 0 Å². The number of aromatic nitrogens is 2. The average Bonchev–Trinajstić information content (AvgIpc) is 2.94. The van der Waals surface area contributed by atoms with Gasteiger partial charge >= 0.3 is 0 Å². The molecule has 0 radical (unpaired) electrons. The molecule has 0 atom stereocenters. The van der Waals surface area contributed by atoms with Crippen molar-refractivity contribution in [3.05, 3.63) is 47.6 Å². The Kier molecular flexibility index (Phi) is 3.83.